The Morgan fingerprint density at radius 2 is 2.05 bits per heavy atom. The summed E-state index contributed by atoms with van der Waals surface area (Å²) in [5.74, 6) is 1.04. The van der Waals surface area contributed by atoms with Gasteiger partial charge in [0, 0.05) is 23.9 Å². The molecule has 0 aliphatic carbocycles. The van der Waals surface area contributed by atoms with Crippen LogP contribution in [0.25, 0.3) is 0 Å². The molecule has 6 heteroatoms. The van der Waals surface area contributed by atoms with Gasteiger partial charge >= 0.3 is 0 Å². The third-order valence-corrected chi connectivity index (χ3v) is 3.06. The molecule has 0 aromatic heterocycles. The van der Waals surface area contributed by atoms with Crippen LogP contribution in [0.5, 0.6) is 17.2 Å². The first-order chi connectivity index (χ1) is 10.2. The average molecular weight is 290 g/mol. The van der Waals surface area contributed by atoms with E-state index in [0.717, 1.165) is 5.69 Å². The quantitative estimate of drug-likeness (QED) is 0.846. The van der Waals surface area contributed by atoms with Crippen molar-refractivity contribution in [2.75, 3.05) is 24.5 Å². The summed E-state index contributed by atoms with van der Waals surface area (Å²) in [6.45, 7) is 2.39. The number of benzene rings is 2. The van der Waals surface area contributed by atoms with Crippen molar-refractivity contribution < 1.29 is 18.6 Å². The van der Waals surface area contributed by atoms with Crippen molar-refractivity contribution in [2.24, 2.45) is 0 Å². The third-order valence-electron chi connectivity index (χ3n) is 3.06. The Bertz CT molecular complexity index is 676. The minimum atomic E-state index is -0.481. The summed E-state index contributed by atoms with van der Waals surface area (Å²) in [4.78, 5) is 0. The van der Waals surface area contributed by atoms with E-state index < -0.39 is 5.82 Å². The molecule has 0 saturated carbocycles. The molecular formula is C15H15FN2O3. The third kappa shape index (κ3) is 2.65. The molecule has 0 spiro atoms. The first-order valence-corrected chi connectivity index (χ1v) is 6.56. The number of nitrogen functional groups attached to an aromatic ring is 1. The lowest BCUT2D eigenvalue weighted by molar-refractivity contribution is 0.174. The van der Waals surface area contributed by atoms with Crippen molar-refractivity contribution in [3.8, 4) is 17.2 Å². The Morgan fingerprint density at radius 1 is 1.24 bits per heavy atom. The van der Waals surface area contributed by atoms with Gasteiger partial charge in [0.25, 0.3) is 0 Å². The van der Waals surface area contributed by atoms with Crippen LogP contribution < -0.4 is 25.3 Å². The molecule has 110 valence electrons. The van der Waals surface area contributed by atoms with Crippen LogP contribution in [0.2, 0.25) is 0 Å². The molecule has 5 nitrogen and oxygen atoms in total. The first-order valence-electron chi connectivity index (χ1n) is 6.56. The Kier molecular flexibility index (Phi) is 3.43. The maximum atomic E-state index is 13.7. The second-order valence-electron chi connectivity index (χ2n) is 4.50. The molecule has 0 unspecified atom stereocenters. The number of hydrogen-bond acceptors (Lipinski definition) is 5. The predicted molar refractivity (Wildman–Crippen MR) is 77.8 cm³/mol. The van der Waals surface area contributed by atoms with Gasteiger partial charge in [-0.3, -0.25) is 0 Å². The highest BCUT2D eigenvalue weighted by Gasteiger charge is 2.14. The van der Waals surface area contributed by atoms with Gasteiger partial charge in [0.2, 0.25) is 6.79 Å². The van der Waals surface area contributed by atoms with Crippen molar-refractivity contribution in [3.63, 3.8) is 0 Å². The van der Waals surface area contributed by atoms with E-state index in [1.165, 1.54) is 6.07 Å². The Balaban J connectivity index is 1.88. The van der Waals surface area contributed by atoms with Crippen molar-refractivity contribution in [1.29, 1.82) is 0 Å². The van der Waals surface area contributed by atoms with Crippen LogP contribution in [0.4, 0.5) is 21.5 Å². The number of halogens is 1. The van der Waals surface area contributed by atoms with Gasteiger partial charge in [-0.25, -0.2) is 4.39 Å². The fourth-order valence-electron chi connectivity index (χ4n) is 2.07. The molecule has 0 atom stereocenters. The average Bonchev–Trinajstić information content (AvgIpc) is 2.92. The Morgan fingerprint density at radius 3 is 2.86 bits per heavy atom. The minimum absolute atomic E-state index is 0.162. The summed E-state index contributed by atoms with van der Waals surface area (Å²) in [7, 11) is 0. The summed E-state index contributed by atoms with van der Waals surface area (Å²) in [6.07, 6.45) is 0. The Labute approximate surface area is 121 Å². The molecule has 2 aromatic carbocycles. The topological polar surface area (TPSA) is 65.7 Å². The summed E-state index contributed by atoms with van der Waals surface area (Å²) in [5, 5.41) is 3.12. The molecule has 0 amide bonds. The molecule has 3 rings (SSSR count). The summed E-state index contributed by atoms with van der Waals surface area (Å²) in [6, 6.07) is 8.20. The van der Waals surface area contributed by atoms with Gasteiger partial charge in [-0.05, 0) is 19.1 Å². The molecule has 0 radical (unpaired) electrons. The van der Waals surface area contributed by atoms with Gasteiger partial charge in [-0.15, -0.1) is 0 Å². The van der Waals surface area contributed by atoms with E-state index in [1.54, 1.807) is 25.1 Å². The molecule has 0 fully saturated rings. The number of nitrogens with one attached hydrogen (secondary N) is 1. The van der Waals surface area contributed by atoms with Crippen molar-refractivity contribution in [2.45, 2.75) is 6.92 Å². The van der Waals surface area contributed by atoms with Crippen molar-refractivity contribution in [1.82, 2.24) is 0 Å². The standard InChI is InChI=1S/C15H15FN2O3/c1-2-19-14-7-12(11(17)6-10(14)16)18-9-3-4-13-15(5-9)21-8-20-13/h3-7,18H,2,8,17H2,1H3. The number of rotatable bonds is 4. The molecular weight excluding hydrogens is 275 g/mol. The largest absolute Gasteiger partial charge is 0.491 e. The fraction of sp³-hybridized carbons (Fsp3) is 0.200. The van der Waals surface area contributed by atoms with Crippen LogP contribution in [0, 0.1) is 5.82 Å². The zero-order chi connectivity index (χ0) is 14.8. The van der Waals surface area contributed by atoms with Crippen molar-refractivity contribution in [3.05, 3.63) is 36.1 Å². The lowest BCUT2D eigenvalue weighted by Crippen LogP contribution is -2.01. The summed E-state index contributed by atoms with van der Waals surface area (Å²) < 4.78 is 29.5. The normalized spacial score (nSPS) is 12.3. The lowest BCUT2D eigenvalue weighted by Gasteiger charge is -2.13. The van der Waals surface area contributed by atoms with Crippen molar-refractivity contribution >= 4 is 17.1 Å². The highest BCUT2D eigenvalue weighted by Crippen LogP contribution is 2.36. The van der Waals surface area contributed by atoms with E-state index in [2.05, 4.69) is 5.32 Å². The van der Waals surface area contributed by atoms with E-state index in [1.807, 2.05) is 6.07 Å². The van der Waals surface area contributed by atoms with Crippen LogP contribution in [0.15, 0.2) is 30.3 Å². The van der Waals surface area contributed by atoms with Gasteiger partial charge in [-0.2, -0.15) is 0 Å². The molecule has 21 heavy (non-hydrogen) atoms. The van der Waals surface area contributed by atoms with Gasteiger partial charge < -0.3 is 25.3 Å². The number of hydrogen-bond donors (Lipinski definition) is 2. The number of anilines is 3. The van der Waals surface area contributed by atoms with E-state index in [0.29, 0.717) is 29.5 Å². The number of fused-ring (bicyclic) bond motifs is 1. The van der Waals surface area contributed by atoms with E-state index >= 15 is 0 Å². The monoisotopic (exact) mass is 290 g/mol. The van der Waals surface area contributed by atoms with E-state index in [9.17, 15) is 4.39 Å². The van der Waals surface area contributed by atoms with Gasteiger partial charge in [0.05, 0.1) is 18.0 Å². The highest BCUT2D eigenvalue weighted by atomic mass is 19.1. The lowest BCUT2D eigenvalue weighted by atomic mass is 10.2. The van der Waals surface area contributed by atoms with Crippen LogP contribution >= 0.6 is 0 Å². The number of ether oxygens (including phenoxy) is 3. The fourth-order valence-corrected chi connectivity index (χ4v) is 2.07. The van der Waals surface area contributed by atoms with Gasteiger partial charge in [-0.1, -0.05) is 0 Å². The van der Waals surface area contributed by atoms with Crippen LogP contribution in [-0.4, -0.2) is 13.4 Å². The molecule has 3 N–H and O–H groups in total. The molecule has 2 aromatic rings. The zero-order valence-corrected chi connectivity index (χ0v) is 11.5. The van der Waals surface area contributed by atoms with Crippen LogP contribution in [0.1, 0.15) is 6.92 Å². The highest BCUT2D eigenvalue weighted by molar-refractivity contribution is 5.75. The van der Waals surface area contributed by atoms with Gasteiger partial charge in [0.15, 0.2) is 23.1 Å². The SMILES string of the molecule is CCOc1cc(Nc2ccc3c(c2)OCO3)c(N)cc1F. The van der Waals surface area contributed by atoms with Gasteiger partial charge in [0.1, 0.15) is 0 Å². The van der Waals surface area contributed by atoms with Crippen LogP contribution in [0.3, 0.4) is 0 Å². The van der Waals surface area contributed by atoms with Crippen LogP contribution in [-0.2, 0) is 0 Å². The first kappa shape index (κ1) is 13.4. The molecule has 0 saturated heterocycles. The minimum Gasteiger partial charge on any atom is -0.491 e. The molecule has 1 aliphatic rings. The molecule has 1 heterocycles. The maximum absolute atomic E-state index is 13.7. The smallest absolute Gasteiger partial charge is 0.231 e. The van der Waals surface area contributed by atoms with E-state index in [4.69, 9.17) is 19.9 Å². The zero-order valence-electron chi connectivity index (χ0n) is 11.5. The predicted octanol–water partition coefficient (Wildman–Crippen LogP) is 3.28. The number of nitrogens with two attached hydrogens (primary N) is 1. The molecule has 1 aliphatic heterocycles. The second kappa shape index (κ2) is 5.40. The maximum Gasteiger partial charge on any atom is 0.231 e. The summed E-state index contributed by atoms with van der Waals surface area (Å²) in [5.41, 5.74) is 7.46. The summed E-state index contributed by atoms with van der Waals surface area (Å²) >= 11 is 0. The second-order valence-corrected chi connectivity index (χ2v) is 4.50. The van der Waals surface area contributed by atoms with E-state index in [-0.39, 0.29) is 12.5 Å². The Hall–Kier alpha value is -2.63. The molecule has 0 bridgehead atoms.